The van der Waals surface area contributed by atoms with Gasteiger partial charge in [-0.25, -0.2) is 9.97 Å². The third kappa shape index (κ3) is 4.76. The second-order valence-corrected chi connectivity index (χ2v) is 9.44. The van der Waals surface area contributed by atoms with E-state index < -0.39 is 12.2 Å². The first kappa shape index (κ1) is 25.5. The summed E-state index contributed by atoms with van der Waals surface area (Å²) in [6, 6.07) is 11.8. The van der Waals surface area contributed by atoms with Gasteiger partial charge in [-0.05, 0) is 23.8 Å². The molecule has 0 aliphatic carbocycles. The molecule has 0 unspecified atom stereocenters. The lowest BCUT2D eigenvalue weighted by Gasteiger charge is -2.36. The maximum atomic E-state index is 12.9. The monoisotopic (exact) mass is 523 g/mol. The van der Waals surface area contributed by atoms with Crippen molar-refractivity contribution in [2.75, 3.05) is 13.1 Å². The number of carbonyl (C=O) groups excluding carboxylic acids is 1. The molecule has 3 heterocycles. The van der Waals surface area contributed by atoms with Gasteiger partial charge in [0.25, 0.3) is 5.56 Å². The molecule has 38 heavy (non-hydrogen) atoms. The first-order valence-electron chi connectivity index (χ1n) is 12.2. The molecule has 0 spiro atoms. The number of alkyl halides is 2. The van der Waals surface area contributed by atoms with Crippen LogP contribution in [0.2, 0.25) is 0 Å². The highest BCUT2D eigenvalue weighted by molar-refractivity contribution is 5.84. The molecule has 1 aliphatic heterocycles. The summed E-state index contributed by atoms with van der Waals surface area (Å²) in [4.78, 5) is 35.0. The van der Waals surface area contributed by atoms with Crippen LogP contribution in [0.15, 0.2) is 59.7 Å². The molecule has 11 heteroatoms. The molecule has 0 bridgehead atoms. The Balaban J connectivity index is 1.46. The second-order valence-electron chi connectivity index (χ2n) is 9.44. The van der Waals surface area contributed by atoms with E-state index in [0.717, 1.165) is 5.56 Å². The van der Waals surface area contributed by atoms with Crippen molar-refractivity contribution in [2.45, 2.75) is 38.5 Å². The lowest BCUT2D eigenvalue weighted by atomic mass is 9.90. The number of amides is 1. The number of hydrogen-bond acceptors (Lipinski definition) is 6. The average molecular weight is 524 g/mol. The molecule has 4 aromatic rings. The summed E-state index contributed by atoms with van der Waals surface area (Å²) >= 11 is 0. The van der Waals surface area contributed by atoms with Gasteiger partial charge >= 0.3 is 6.61 Å². The lowest BCUT2D eigenvalue weighted by Crippen LogP contribution is -2.45. The molecule has 9 nitrogen and oxygen atoms in total. The summed E-state index contributed by atoms with van der Waals surface area (Å²) in [5.74, 6) is 0.324. The number of fused-ring (bicyclic) bond motifs is 1. The van der Waals surface area contributed by atoms with E-state index in [1.54, 1.807) is 59.4 Å². The van der Waals surface area contributed by atoms with Crippen LogP contribution in [0, 0.1) is 0 Å². The van der Waals surface area contributed by atoms with Crippen LogP contribution < -0.4 is 10.3 Å². The van der Waals surface area contributed by atoms with Crippen LogP contribution in [0.4, 0.5) is 8.78 Å². The number of ether oxygens (including phenoxy) is 1. The summed E-state index contributed by atoms with van der Waals surface area (Å²) in [5.41, 5.74) is 1.12. The minimum atomic E-state index is -2.96. The van der Waals surface area contributed by atoms with Crippen LogP contribution in [0.25, 0.3) is 22.0 Å². The van der Waals surface area contributed by atoms with Crippen molar-refractivity contribution < 1.29 is 23.4 Å². The van der Waals surface area contributed by atoms with E-state index >= 15 is 0 Å². The van der Waals surface area contributed by atoms with E-state index in [0.29, 0.717) is 53.8 Å². The van der Waals surface area contributed by atoms with E-state index in [2.05, 4.69) is 14.7 Å². The number of aromatic nitrogens is 4. The maximum absolute atomic E-state index is 12.9. The number of piperidine rings is 1. The average Bonchev–Trinajstić information content (AvgIpc) is 3.14. The zero-order valence-corrected chi connectivity index (χ0v) is 21.0. The third-order valence-corrected chi connectivity index (χ3v) is 7.11. The molecule has 1 fully saturated rings. The Morgan fingerprint density at radius 2 is 1.79 bits per heavy atom. The fourth-order valence-electron chi connectivity index (χ4n) is 4.88. The standard InChI is InChI=1S/C27H27F2N5O4/c1-17(35)33-11-9-27(37,10-12-33)25-30-14-20(15-31-25)18-7-8-21-22(13-18)34(32(2)24(21)36)16-19-5-3-4-6-23(19)38-26(28)29/h3-8,13-15,26,37H,9-12,16H2,1-2H3. The number of para-hydroxylation sites is 1. The Hall–Kier alpha value is -4.12. The number of carbonyl (C=O) groups is 1. The molecule has 1 amide bonds. The second kappa shape index (κ2) is 9.97. The first-order chi connectivity index (χ1) is 18.2. The predicted octanol–water partition coefficient (Wildman–Crippen LogP) is 3.28. The van der Waals surface area contributed by atoms with Crippen molar-refractivity contribution >= 4 is 16.8 Å². The Labute approximate surface area is 216 Å². The quantitative estimate of drug-likeness (QED) is 0.416. The Bertz CT molecular complexity index is 1540. The van der Waals surface area contributed by atoms with Crippen molar-refractivity contribution in [2.24, 2.45) is 7.05 Å². The maximum Gasteiger partial charge on any atom is 0.387 e. The summed E-state index contributed by atoms with van der Waals surface area (Å²) in [5, 5.41) is 11.6. The summed E-state index contributed by atoms with van der Waals surface area (Å²) in [6.07, 6.45) is 3.95. The van der Waals surface area contributed by atoms with E-state index in [1.165, 1.54) is 17.7 Å². The SMILES string of the molecule is CC(=O)N1CCC(O)(c2ncc(-c3ccc4c(=O)n(C)n(Cc5ccccc5OC(F)F)c4c3)cn2)CC1. The van der Waals surface area contributed by atoms with E-state index in [4.69, 9.17) is 0 Å². The molecule has 2 aromatic carbocycles. The molecular weight excluding hydrogens is 496 g/mol. The van der Waals surface area contributed by atoms with Crippen molar-refractivity contribution in [3.63, 3.8) is 0 Å². The van der Waals surface area contributed by atoms with Crippen LogP contribution >= 0.6 is 0 Å². The van der Waals surface area contributed by atoms with Gasteiger partial charge in [-0.2, -0.15) is 8.78 Å². The molecule has 198 valence electrons. The number of halogens is 2. The molecule has 0 radical (unpaired) electrons. The minimum absolute atomic E-state index is 0.0249. The van der Waals surface area contributed by atoms with Gasteiger partial charge in [-0.15, -0.1) is 0 Å². The van der Waals surface area contributed by atoms with Gasteiger partial charge in [0.05, 0.1) is 17.4 Å². The van der Waals surface area contributed by atoms with Crippen molar-refractivity contribution in [3.05, 3.63) is 76.6 Å². The van der Waals surface area contributed by atoms with Crippen LogP contribution in [0.5, 0.6) is 5.75 Å². The van der Waals surface area contributed by atoms with E-state index in [1.807, 2.05) is 6.07 Å². The van der Waals surface area contributed by atoms with Crippen LogP contribution in [-0.2, 0) is 24.0 Å². The molecule has 1 N–H and O–H groups in total. The van der Waals surface area contributed by atoms with Crippen molar-refractivity contribution in [3.8, 4) is 16.9 Å². The predicted molar refractivity (Wildman–Crippen MR) is 136 cm³/mol. The zero-order valence-electron chi connectivity index (χ0n) is 21.0. The molecule has 2 aromatic heterocycles. The first-order valence-corrected chi connectivity index (χ1v) is 12.2. The largest absolute Gasteiger partial charge is 0.434 e. The molecule has 5 rings (SSSR count). The van der Waals surface area contributed by atoms with Crippen LogP contribution in [-0.4, -0.2) is 54.9 Å². The Morgan fingerprint density at radius 1 is 1.11 bits per heavy atom. The molecule has 0 atom stereocenters. The molecule has 1 aliphatic rings. The number of aliphatic hydroxyl groups is 1. The third-order valence-electron chi connectivity index (χ3n) is 7.11. The van der Waals surface area contributed by atoms with Crippen LogP contribution in [0.3, 0.4) is 0 Å². The van der Waals surface area contributed by atoms with Crippen LogP contribution in [0.1, 0.15) is 31.2 Å². The van der Waals surface area contributed by atoms with Gasteiger partial charge in [-0.3, -0.25) is 19.0 Å². The van der Waals surface area contributed by atoms with Gasteiger partial charge in [0.15, 0.2) is 5.82 Å². The van der Waals surface area contributed by atoms with E-state index in [-0.39, 0.29) is 23.8 Å². The van der Waals surface area contributed by atoms with Gasteiger partial charge in [0.2, 0.25) is 5.91 Å². The van der Waals surface area contributed by atoms with Crippen molar-refractivity contribution in [1.29, 1.82) is 0 Å². The summed E-state index contributed by atoms with van der Waals surface area (Å²) in [6.45, 7) is -0.443. The fourth-order valence-corrected chi connectivity index (χ4v) is 4.88. The normalized spacial score (nSPS) is 15.3. The minimum Gasteiger partial charge on any atom is -0.434 e. The number of hydrogen-bond donors (Lipinski definition) is 1. The molecule has 1 saturated heterocycles. The van der Waals surface area contributed by atoms with Gasteiger partial charge < -0.3 is 14.7 Å². The Kier molecular flexibility index (Phi) is 6.70. The van der Waals surface area contributed by atoms with E-state index in [9.17, 15) is 23.5 Å². The smallest absolute Gasteiger partial charge is 0.387 e. The fraction of sp³-hybridized carbons (Fsp3) is 0.333. The molecular formula is C27H27F2N5O4. The number of nitrogens with zero attached hydrogens (tertiary/aromatic N) is 5. The number of benzene rings is 2. The topological polar surface area (TPSA) is 102 Å². The lowest BCUT2D eigenvalue weighted by molar-refractivity contribution is -0.133. The van der Waals surface area contributed by atoms with Gasteiger partial charge in [0, 0.05) is 63.4 Å². The van der Waals surface area contributed by atoms with Gasteiger partial charge in [0.1, 0.15) is 11.4 Å². The Morgan fingerprint density at radius 3 is 2.45 bits per heavy atom. The molecule has 0 saturated carbocycles. The number of likely N-dealkylation sites (tertiary alicyclic amines) is 1. The highest BCUT2D eigenvalue weighted by Crippen LogP contribution is 2.32. The van der Waals surface area contributed by atoms with Gasteiger partial charge in [-0.1, -0.05) is 24.3 Å². The number of rotatable bonds is 6. The highest BCUT2D eigenvalue weighted by Gasteiger charge is 2.37. The zero-order chi connectivity index (χ0) is 27.0. The van der Waals surface area contributed by atoms with Crippen molar-refractivity contribution in [1.82, 2.24) is 24.2 Å². The summed E-state index contributed by atoms with van der Waals surface area (Å²) in [7, 11) is 1.62. The highest BCUT2D eigenvalue weighted by atomic mass is 19.3. The summed E-state index contributed by atoms with van der Waals surface area (Å²) < 4.78 is 33.6.